The summed E-state index contributed by atoms with van der Waals surface area (Å²) in [5.41, 5.74) is 4.92. The van der Waals surface area contributed by atoms with Gasteiger partial charge in [0.25, 0.3) is 0 Å². The van der Waals surface area contributed by atoms with E-state index >= 15 is 0 Å². The summed E-state index contributed by atoms with van der Waals surface area (Å²) in [5, 5.41) is 7.32. The lowest BCUT2D eigenvalue weighted by molar-refractivity contribution is 1.12. The highest BCUT2D eigenvalue weighted by Crippen LogP contribution is 2.24. The van der Waals surface area contributed by atoms with Crippen LogP contribution in [0.1, 0.15) is 5.69 Å². The first kappa shape index (κ1) is 9.09. The van der Waals surface area contributed by atoms with Crippen molar-refractivity contribution in [1.29, 1.82) is 0 Å². The molecule has 0 saturated heterocycles. The Labute approximate surface area is 93.2 Å². The summed E-state index contributed by atoms with van der Waals surface area (Å²) in [4.78, 5) is 4.52. The van der Waals surface area contributed by atoms with Gasteiger partial charge >= 0.3 is 0 Å². The van der Waals surface area contributed by atoms with E-state index in [9.17, 15) is 0 Å². The van der Waals surface area contributed by atoms with E-state index in [1.807, 2.05) is 49.4 Å². The molecule has 0 fully saturated rings. The second-order valence-electron chi connectivity index (χ2n) is 3.79. The molecule has 0 unspecified atom stereocenters. The van der Waals surface area contributed by atoms with E-state index in [1.54, 1.807) is 0 Å². The molecule has 0 radical (unpaired) electrons. The van der Waals surface area contributed by atoms with Crippen LogP contribution in [-0.4, -0.2) is 15.2 Å². The van der Waals surface area contributed by atoms with Gasteiger partial charge in [-0.1, -0.05) is 30.3 Å². The van der Waals surface area contributed by atoms with E-state index < -0.39 is 0 Å². The van der Waals surface area contributed by atoms with Crippen molar-refractivity contribution in [2.24, 2.45) is 0 Å². The minimum Gasteiger partial charge on any atom is -0.276 e. The Hall–Kier alpha value is -2.16. The number of fused-ring (bicyclic) bond motifs is 1. The molecule has 2 aromatic heterocycles. The van der Waals surface area contributed by atoms with Gasteiger partial charge < -0.3 is 0 Å². The van der Waals surface area contributed by atoms with Gasteiger partial charge in [-0.05, 0) is 19.1 Å². The number of aromatic nitrogens is 3. The maximum Gasteiger partial charge on any atom is 0.118 e. The highest BCUT2D eigenvalue weighted by molar-refractivity contribution is 5.89. The Balaban J connectivity index is 2.29. The molecule has 1 N–H and O–H groups in total. The van der Waals surface area contributed by atoms with Crippen LogP contribution in [0.5, 0.6) is 0 Å². The fraction of sp³-hybridized carbons (Fsp3) is 0.0769. The lowest BCUT2D eigenvalue weighted by Crippen LogP contribution is -1.83. The number of aromatic amines is 1. The van der Waals surface area contributed by atoms with Crippen molar-refractivity contribution in [3.63, 3.8) is 0 Å². The number of rotatable bonds is 1. The molecule has 1 aromatic carbocycles. The van der Waals surface area contributed by atoms with Crippen LogP contribution in [0.3, 0.4) is 0 Å². The third-order valence-electron chi connectivity index (χ3n) is 2.59. The molecule has 78 valence electrons. The lowest BCUT2D eigenvalue weighted by atomic mass is 10.1. The van der Waals surface area contributed by atoms with Gasteiger partial charge in [-0.25, -0.2) is 4.98 Å². The first-order valence-electron chi connectivity index (χ1n) is 5.22. The quantitative estimate of drug-likeness (QED) is 0.669. The van der Waals surface area contributed by atoms with Gasteiger partial charge in [0.15, 0.2) is 0 Å². The minimum absolute atomic E-state index is 0.916. The van der Waals surface area contributed by atoms with Crippen LogP contribution < -0.4 is 0 Å². The zero-order valence-electron chi connectivity index (χ0n) is 8.94. The Morgan fingerprint density at radius 3 is 2.62 bits per heavy atom. The molecule has 3 heteroatoms. The second-order valence-corrected chi connectivity index (χ2v) is 3.79. The topological polar surface area (TPSA) is 41.6 Å². The average Bonchev–Trinajstić information content (AvgIpc) is 2.73. The number of nitrogens with one attached hydrogen (secondary N) is 1. The Morgan fingerprint density at radius 2 is 1.81 bits per heavy atom. The zero-order chi connectivity index (χ0) is 11.0. The highest BCUT2D eigenvalue weighted by Gasteiger charge is 2.08. The van der Waals surface area contributed by atoms with Crippen LogP contribution >= 0.6 is 0 Å². The van der Waals surface area contributed by atoms with Gasteiger partial charge in [-0.2, -0.15) is 5.10 Å². The summed E-state index contributed by atoms with van der Waals surface area (Å²) in [6.07, 6.45) is 0. The second kappa shape index (κ2) is 3.45. The SMILES string of the molecule is Cc1ccc2[nH]nc(-c3ccccc3)c2n1. The molecule has 0 saturated carbocycles. The van der Waals surface area contributed by atoms with E-state index in [2.05, 4.69) is 15.2 Å². The number of hydrogen-bond acceptors (Lipinski definition) is 2. The molecule has 3 nitrogen and oxygen atoms in total. The summed E-state index contributed by atoms with van der Waals surface area (Å²) < 4.78 is 0. The Kier molecular flexibility index (Phi) is 1.96. The van der Waals surface area contributed by atoms with Crippen LogP contribution in [-0.2, 0) is 0 Å². The molecular formula is C13H11N3. The van der Waals surface area contributed by atoms with Crippen LogP contribution in [0.4, 0.5) is 0 Å². The van der Waals surface area contributed by atoms with E-state index in [-0.39, 0.29) is 0 Å². The monoisotopic (exact) mass is 209 g/mol. The molecule has 3 rings (SSSR count). The van der Waals surface area contributed by atoms with Crippen molar-refractivity contribution in [3.05, 3.63) is 48.2 Å². The smallest absolute Gasteiger partial charge is 0.118 e. The fourth-order valence-electron chi connectivity index (χ4n) is 1.79. The van der Waals surface area contributed by atoms with E-state index in [1.165, 1.54) is 0 Å². The molecule has 0 spiro atoms. The normalized spacial score (nSPS) is 10.8. The maximum atomic E-state index is 4.52. The summed E-state index contributed by atoms with van der Waals surface area (Å²) in [7, 11) is 0. The number of aryl methyl sites for hydroxylation is 1. The number of hydrogen-bond donors (Lipinski definition) is 1. The summed E-state index contributed by atoms with van der Waals surface area (Å²) in [6.45, 7) is 1.99. The summed E-state index contributed by atoms with van der Waals surface area (Å²) in [5.74, 6) is 0. The van der Waals surface area contributed by atoms with Crippen molar-refractivity contribution in [1.82, 2.24) is 15.2 Å². The van der Waals surface area contributed by atoms with Crippen molar-refractivity contribution >= 4 is 11.0 Å². The molecule has 16 heavy (non-hydrogen) atoms. The maximum absolute atomic E-state index is 4.52. The molecule has 0 aliphatic carbocycles. The predicted octanol–water partition coefficient (Wildman–Crippen LogP) is 2.93. The zero-order valence-corrected chi connectivity index (χ0v) is 8.94. The van der Waals surface area contributed by atoms with Crippen molar-refractivity contribution < 1.29 is 0 Å². The van der Waals surface area contributed by atoms with Crippen molar-refractivity contribution in [2.75, 3.05) is 0 Å². The summed E-state index contributed by atoms with van der Waals surface area (Å²) in [6, 6.07) is 14.1. The van der Waals surface area contributed by atoms with Crippen molar-refractivity contribution in [3.8, 4) is 11.3 Å². The molecule has 0 amide bonds. The number of H-pyrrole nitrogens is 1. The molecular weight excluding hydrogens is 198 g/mol. The van der Waals surface area contributed by atoms with Gasteiger partial charge in [-0.15, -0.1) is 0 Å². The van der Waals surface area contributed by atoms with Crippen LogP contribution in [0, 0.1) is 6.92 Å². The van der Waals surface area contributed by atoms with Gasteiger partial charge in [0.2, 0.25) is 0 Å². The average molecular weight is 209 g/mol. The van der Waals surface area contributed by atoms with Gasteiger partial charge in [0.1, 0.15) is 11.2 Å². The molecule has 3 aromatic rings. The third kappa shape index (κ3) is 1.37. The molecule has 0 bridgehead atoms. The van der Waals surface area contributed by atoms with Gasteiger partial charge in [0, 0.05) is 11.3 Å². The minimum atomic E-state index is 0.916. The number of benzene rings is 1. The lowest BCUT2D eigenvalue weighted by Gasteiger charge is -1.97. The molecule has 0 atom stereocenters. The van der Waals surface area contributed by atoms with Crippen LogP contribution in [0.25, 0.3) is 22.3 Å². The molecule has 0 aliphatic rings. The standard InChI is InChI=1S/C13H11N3/c1-9-7-8-11-13(14-9)12(16-15-11)10-5-3-2-4-6-10/h2-8H,1H3,(H,15,16). The first-order valence-corrected chi connectivity index (χ1v) is 5.22. The van der Waals surface area contributed by atoms with Gasteiger partial charge in [0.05, 0.1) is 5.52 Å². The van der Waals surface area contributed by atoms with Crippen molar-refractivity contribution in [2.45, 2.75) is 6.92 Å². The largest absolute Gasteiger partial charge is 0.276 e. The molecule has 0 aliphatic heterocycles. The third-order valence-corrected chi connectivity index (χ3v) is 2.59. The fourth-order valence-corrected chi connectivity index (χ4v) is 1.79. The number of pyridine rings is 1. The highest BCUT2D eigenvalue weighted by atomic mass is 15.1. The van der Waals surface area contributed by atoms with E-state index in [0.717, 1.165) is 28.0 Å². The summed E-state index contributed by atoms with van der Waals surface area (Å²) >= 11 is 0. The Morgan fingerprint density at radius 1 is 1.00 bits per heavy atom. The van der Waals surface area contributed by atoms with Crippen LogP contribution in [0.2, 0.25) is 0 Å². The predicted molar refractivity (Wildman–Crippen MR) is 64.1 cm³/mol. The van der Waals surface area contributed by atoms with E-state index in [0.29, 0.717) is 0 Å². The number of nitrogens with zero attached hydrogens (tertiary/aromatic N) is 2. The van der Waals surface area contributed by atoms with Gasteiger partial charge in [-0.3, -0.25) is 5.10 Å². The Bertz CT molecular complexity index is 626. The first-order chi connectivity index (χ1) is 7.84. The van der Waals surface area contributed by atoms with E-state index in [4.69, 9.17) is 0 Å². The molecule has 2 heterocycles. The van der Waals surface area contributed by atoms with Crippen LogP contribution in [0.15, 0.2) is 42.5 Å².